The first-order valence-corrected chi connectivity index (χ1v) is 11.3. The zero-order chi connectivity index (χ0) is 20.6. The predicted molar refractivity (Wildman–Crippen MR) is 124 cm³/mol. The highest BCUT2D eigenvalue weighted by molar-refractivity contribution is 9.10. The molecule has 3 aromatic rings. The number of thioether (sulfide) groups is 1. The van der Waals surface area contributed by atoms with E-state index in [1.54, 1.807) is 36.0 Å². The molecule has 0 heterocycles. The molecule has 0 aliphatic rings. The average Bonchev–Trinajstić information content (AvgIpc) is 2.74. The Morgan fingerprint density at radius 3 is 2.41 bits per heavy atom. The molecule has 0 radical (unpaired) electrons. The lowest BCUT2D eigenvalue weighted by Gasteiger charge is -2.11. The quantitative estimate of drug-likeness (QED) is 0.214. The Hall–Kier alpha value is -2.08. The van der Waals surface area contributed by atoms with Crippen molar-refractivity contribution in [3.8, 4) is 0 Å². The third kappa shape index (κ3) is 6.46. The number of hydrogen-bond acceptors (Lipinski definition) is 3. The molecule has 148 valence electrons. The summed E-state index contributed by atoms with van der Waals surface area (Å²) in [5.74, 6) is 0.595. The molecule has 1 amide bonds. The van der Waals surface area contributed by atoms with Crippen molar-refractivity contribution < 1.29 is 9.59 Å². The van der Waals surface area contributed by atoms with E-state index in [0.717, 1.165) is 21.5 Å². The number of nitrogens with one attached hydrogen (secondary N) is 1. The number of carbonyl (C=O) groups is 2. The van der Waals surface area contributed by atoms with Crippen LogP contribution in [-0.4, -0.2) is 17.4 Å². The van der Waals surface area contributed by atoms with Gasteiger partial charge in [-0.3, -0.25) is 9.59 Å². The predicted octanol–water partition coefficient (Wildman–Crippen LogP) is 6.84. The average molecular weight is 489 g/mol. The Bertz CT molecular complexity index is 994. The number of benzene rings is 3. The fourth-order valence-corrected chi connectivity index (χ4v) is 4.06. The summed E-state index contributed by atoms with van der Waals surface area (Å²) < 4.78 is 0.786. The maximum Gasteiger partial charge on any atom is 0.224 e. The minimum Gasteiger partial charge on any atom is -0.325 e. The molecule has 0 fully saturated rings. The molecule has 0 aliphatic heterocycles. The largest absolute Gasteiger partial charge is 0.325 e. The van der Waals surface area contributed by atoms with Crippen LogP contribution in [0.4, 0.5) is 5.69 Å². The van der Waals surface area contributed by atoms with Gasteiger partial charge in [-0.05, 0) is 54.6 Å². The number of halogens is 2. The van der Waals surface area contributed by atoms with E-state index in [9.17, 15) is 9.59 Å². The van der Waals surface area contributed by atoms with Gasteiger partial charge in [-0.1, -0.05) is 57.9 Å². The van der Waals surface area contributed by atoms with Crippen molar-refractivity contribution in [1.82, 2.24) is 0 Å². The summed E-state index contributed by atoms with van der Waals surface area (Å²) in [5, 5.41) is 3.60. The van der Waals surface area contributed by atoms with Crippen molar-refractivity contribution in [2.45, 2.75) is 17.7 Å². The highest BCUT2D eigenvalue weighted by Crippen LogP contribution is 2.25. The van der Waals surface area contributed by atoms with E-state index in [1.165, 1.54) is 0 Å². The molecule has 0 bridgehead atoms. The fourth-order valence-electron chi connectivity index (χ4n) is 2.72. The molecule has 6 heteroatoms. The first-order chi connectivity index (χ1) is 14.0. The van der Waals surface area contributed by atoms with Crippen LogP contribution in [0.15, 0.2) is 82.2 Å². The molecule has 0 saturated carbocycles. The number of anilines is 1. The lowest BCUT2D eigenvalue weighted by Crippen LogP contribution is -2.15. The van der Waals surface area contributed by atoms with Crippen LogP contribution in [0.1, 0.15) is 28.8 Å². The minimum atomic E-state index is -0.125. The summed E-state index contributed by atoms with van der Waals surface area (Å²) in [6.07, 6.45) is 1.12. The number of amides is 1. The normalized spacial score (nSPS) is 10.6. The summed E-state index contributed by atoms with van der Waals surface area (Å²) in [5.41, 5.74) is 1.58. The molecule has 0 aliphatic carbocycles. The van der Waals surface area contributed by atoms with E-state index in [2.05, 4.69) is 21.2 Å². The fraction of sp³-hybridized carbons (Fsp3) is 0.130. The number of hydrogen-bond donors (Lipinski definition) is 1. The van der Waals surface area contributed by atoms with Gasteiger partial charge in [0.25, 0.3) is 0 Å². The van der Waals surface area contributed by atoms with Crippen molar-refractivity contribution >= 4 is 56.7 Å². The van der Waals surface area contributed by atoms with Gasteiger partial charge >= 0.3 is 0 Å². The van der Waals surface area contributed by atoms with Gasteiger partial charge in [0.1, 0.15) is 0 Å². The van der Waals surface area contributed by atoms with Gasteiger partial charge in [0, 0.05) is 31.9 Å². The maximum atomic E-state index is 12.9. The molecule has 0 aromatic heterocycles. The highest BCUT2D eigenvalue weighted by Gasteiger charge is 2.15. The van der Waals surface area contributed by atoms with E-state index >= 15 is 0 Å². The second-order valence-electron chi connectivity index (χ2n) is 6.34. The molecular formula is C23H19BrClNO2S. The van der Waals surface area contributed by atoms with E-state index in [1.807, 2.05) is 48.5 Å². The van der Waals surface area contributed by atoms with Crippen molar-refractivity contribution in [3.63, 3.8) is 0 Å². The summed E-state index contributed by atoms with van der Waals surface area (Å²) in [6, 6.07) is 22.0. The molecule has 0 spiro atoms. The number of ketones is 1. The van der Waals surface area contributed by atoms with Crippen LogP contribution in [0, 0.1) is 0 Å². The van der Waals surface area contributed by atoms with Crippen LogP contribution in [0.25, 0.3) is 0 Å². The van der Waals surface area contributed by atoms with Crippen LogP contribution in [0.3, 0.4) is 0 Å². The lowest BCUT2D eigenvalue weighted by atomic mass is 10.0. The zero-order valence-electron chi connectivity index (χ0n) is 15.5. The van der Waals surface area contributed by atoms with Crippen LogP contribution in [0.2, 0.25) is 5.02 Å². The van der Waals surface area contributed by atoms with Crippen molar-refractivity contribution in [2.24, 2.45) is 0 Å². The summed E-state index contributed by atoms with van der Waals surface area (Å²) in [6.45, 7) is 0. The molecule has 0 saturated heterocycles. The summed E-state index contributed by atoms with van der Waals surface area (Å²) in [7, 11) is 0. The summed E-state index contributed by atoms with van der Waals surface area (Å²) >= 11 is 11.0. The molecule has 1 N–H and O–H groups in total. The van der Waals surface area contributed by atoms with Crippen LogP contribution < -0.4 is 5.32 Å². The monoisotopic (exact) mass is 487 g/mol. The highest BCUT2D eigenvalue weighted by atomic mass is 79.9. The first-order valence-electron chi connectivity index (χ1n) is 9.10. The maximum absolute atomic E-state index is 12.9. The third-order valence-electron chi connectivity index (χ3n) is 4.17. The van der Waals surface area contributed by atoms with Crippen LogP contribution >= 0.6 is 39.3 Å². The third-order valence-corrected chi connectivity index (χ3v) is 6.01. The van der Waals surface area contributed by atoms with Gasteiger partial charge in [-0.2, -0.15) is 0 Å². The van der Waals surface area contributed by atoms with Crippen molar-refractivity contribution in [2.75, 3.05) is 11.1 Å². The first kappa shape index (κ1) is 21.6. The van der Waals surface area contributed by atoms with E-state index in [0.29, 0.717) is 28.3 Å². The number of rotatable bonds is 8. The standard InChI is InChI=1S/C23H19BrClNO2S/c24-17-8-13-21(20(15-17)23(28)16-5-2-1-3-6-16)26-22(27)7-4-14-29-19-11-9-18(25)10-12-19/h1-3,5-6,8-13,15H,4,7,14H2,(H,26,27). The molecular weight excluding hydrogens is 470 g/mol. The molecule has 29 heavy (non-hydrogen) atoms. The lowest BCUT2D eigenvalue weighted by molar-refractivity contribution is -0.116. The Morgan fingerprint density at radius 2 is 1.69 bits per heavy atom. The number of carbonyl (C=O) groups excluding carboxylic acids is 2. The van der Waals surface area contributed by atoms with Crippen molar-refractivity contribution in [1.29, 1.82) is 0 Å². The van der Waals surface area contributed by atoms with Crippen molar-refractivity contribution in [3.05, 3.63) is 93.4 Å². The van der Waals surface area contributed by atoms with Gasteiger partial charge in [0.05, 0.1) is 5.69 Å². The van der Waals surface area contributed by atoms with Gasteiger partial charge < -0.3 is 5.32 Å². The smallest absolute Gasteiger partial charge is 0.224 e. The van der Waals surface area contributed by atoms with E-state index in [-0.39, 0.29) is 11.7 Å². The van der Waals surface area contributed by atoms with Gasteiger partial charge in [0.2, 0.25) is 5.91 Å². The Kier molecular flexibility index (Phi) is 7.92. The second-order valence-corrected chi connectivity index (χ2v) is 8.86. The molecule has 3 nitrogen and oxygen atoms in total. The molecule has 0 atom stereocenters. The Balaban J connectivity index is 1.58. The Morgan fingerprint density at radius 1 is 0.966 bits per heavy atom. The van der Waals surface area contributed by atoms with E-state index < -0.39 is 0 Å². The van der Waals surface area contributed by atoms with E-state index in [4.69, 9.17) is 11.6 Å². The Labute approximate surface area is 188 Å². The molecule has 3 aromatic carbocycles. The molecule has 0 unspecified atom stereocenters. The zero-order valence-corrected chi connectivity index (χ0v) is 18.7. The minimum absolute atomic E-state index is 0.105. The SMILES string of the molecule is O=C(CCCSc1ccc(Cl)cc1)Nc1ccc(Br)cc1C(=O)c1ccccc1. The van der Waals surface area contributed by atoms with Gasteiger partial charge in [0.15, 0.2) is 5.78 Å². The van der Waals surface area contributed by atoms with Gasteiger partial charge in [-0.15, -0.1) is 11.8 Å². The topological polar surface area (TPSA) is 46.2 Å². The van der Waals surface area contributed by atoms with Crippen LogP contribution in [-0.2, 0) is 4.79 Å². The molecule has 3 rings (SSSR count). The van der Waals surface area contributed by atoms with Crippen LogP contribution in [0.5, 0.6) is 0 Å². The van der Waals surface area contributed by atoms with Gasteiger partial charge in [-0.25, -0.2) is 0 Å². The second kappa shape index (κ2) is 10.6. The summed E-state index contributed by atoms with van der Waals surface area (Å²) in [4.78, 5) is 26.4.